The van der Waals surface area contributed by atoms with Crippen LogP contribution in [0.25, 0.3) is 0 Å². The van der Waals surface area contributed by atoms with Gasteiger partial charge < -0.3 is 9.47 Å². The Labute approximate surface area is 62.1 Å². The third-order valence-corrected chi connectivity index (χ3v) is 0.784. The Hall–Kier alpha value is -0.920. The third kappa shape index (κ3) is 7.08. The first-order chi connectivity index (χ1) is 4.91. The van der Waals surface area contributed by atoms with Crippen molar-refractivity contribution in [2.75, 3.05) is 13.2 Å². The second kappa shape index (κ2) is 8.08. The van der Waals surface area contributed by atoms with Crippen molar-refractivity contribution in [2.45, 2.75) is 13.8 Å². The highest BCUT2D eigenvalue weighted by Crippen LogP contribution is 1.80. The van der Waals surface area contributed by atoms with Gasteiger partial charge in [-0.3, -0.25) is 0 Å². The SMILES string of the molecule is C/C=C\OCCO/C=C\C. The van der Waals surface area contributed by atoms with Gasteiger partial charge in [-0.1, -0.05) is 12.2 Å². The molecular formula is C8H14O2. The summed E-state index contributed by atoms with van der Waals surface area (Å²) in [4.78, 5) is 0. The van der Waals surface area contributed by atoms with Crippen LogP contribution in [0.2, 0.25) is 0 Å². The molecule has 0 aliphatic rings. The molecule has 58 valence electrons. The highest BCUT2D eigenvalue weighted by atomic mass is 16.5. The summed E-state index contributed by atoms with van der Waals surface area (Å²) in [6.45, 7) is 5.03. The Morgan fingerprint density at radius 3 is 1.60 bits per heavy atom. The zero-order valence-corrected chi connectivity index (χ0v) is 6.54. The number of rotatable bonds is 5. The molecule has 0 heterocycles. The second-order valence-corrected chi connectivity index (χ2v) is 1.68. The molecule has 0 unspecified atom stereocenters. The minimum absolute atomic E-state index is 0.606. The summed E-state index contributed by atoms with van der Waals surface area (Å²) in [5.41, 5.74) is 0. The highest BCUT2D eigenvalue weighted by molar-refractivity contribution is 4.66. The maximum Gasteiger partial charge on any atom is 0.121 e. The molecule has 0 N–H and O–H groups in total. The van der Waals surface area contributed by atoms with Crippen LogP contribution < -0.4 is 0 Å². The van der Waals surface area contributed by atoms with Crippen LogP contribution in [-0.2, 0) is 9.47 Å². The molecule has 0 aliphatic carbocycles. The molecular weight excluding hydrogens is 128 g/mol. The van der Waals surface area contributed by atoms with E-state index in [9.17, 15) is 0 Å². The molecule has 0 radical (unpaired) electrons. The summed E-state index contributed by atoms with van der Waals surface area (Å²) in [6, 6.07) is 0. The second-order valence-electron chi connectivity index (χ2n) is 1.68. The average Bonchev–Trinajstić information content (AvgIpc) is 1.97. The Bertz CT molecular complexity index is 91.8. The number of allylic oxidation sites excluding steroid dienone is 2. The van der Waals surface area contributed by atoms with Crippen molar-refractivity contribution in [1.29, 1.82) is 0 Å². The maximum atomic E-state index is 4.99. The van der Waals surface area contributed by atoms with Crippen molar-refractivity contribution in [3.63, 3.8) is 0 Å². The van der Waals surface area contributed by atoms with Crippen molar-refractivity contribution < 1.29 is 9.47 Å². The van der Waals surface area contributed by atoms with E-state index in [0.717, 1.165) is 0 Å². The van der Waals surface area contributed by atoms with Crippen LogP contribution >= 0.6 is 0 Å². The normalized spacial score (nSPS) is 11.0. The number of hydrogen-bond donors (Lipinski definition) is 0. The van der Waals surface area contributed by atoms with Gasteiger partial charge in [0.25, 0.3) is 0 Å². The summed E-state index contributed by atoms with van der Waals surface area (Å²) in [5.74, 6) is 0. The van der Waals surface area contributed by atoms with Gasteiger partial charge in [0.2, 0.25) is 0 Å². The van der Waals surface area contributed by atoms with E-state index < -0.39 is 0 Å². The largest absolute Gasteiger partial charge is 0.498 e. The lowest BCUT2D eigenvalue weighted by atomic mass is 10.7. The van der Waals surface area contributed by atoms with Crippen LogP contribution in [-0.4, -0.2) is 13.2 Å². The first kappa shape index (κ1) is 9.08. The molecule has 0 fully saturated rings. The van der Waals surface area contributed by atoms with Gasteiger partial charge in [0.15, 0.2) is 0 Å². The first-order valence-corrected chi connectivity index (χ1v) is 3.37. The molecule has 0 aromatic heterocycles. The molecule has 0 atom stereocenters. The Morgan fingerprint density at radius 2 is 1.30 bits per heavy atom. The van der Waals surface area contributed by atoms with Gasteiger partial charge in [0.05, 0.1) is 12.5 Å². The van der Waals surface area contributed by atoms with E-state index in [1.54, 1.807) is 12.5 Å². The van der Waals surface area contributed by atoms with E-state index in [2.05, 4.69) is 0 Å². The van der Waals surface area contributed by atoms with Gasteiger partial charge in [-0.25, -0.2) is 0 Å². The highest BCUT2D eigenvalue weighted by Gasteiger charge is 1.79. The summed E-state index contributed by atoms with van der Waals surface area (Å²) in [6.07, 6.45) is 6.99. The molecule has 0 rings (SSSR count). The average molecular weight is 142 g/mol. The van der Waals surface area contributed by atoms with Crippen LogP contribution in [0.4, 0.5) is 0 Å². The third-order valence-electron chi connectivity index (χ3n) is 0.784. The zero-order chi connectivity index (χ0) is 7.66. The Kier molecular flexibility index (Phi) is 7.34. The molecule has 0 aromatic rings. The van der Waals surface area contributed by atoms with Gasteiger partial charge in [-0.15, -0.1) is 0 Å². The fourth-order valence-electron chi connectivity index (χ4n) is 0.425. The molecule has 0 amide bonds. The van der Waals surface area contributed by atoms with E-state index in [-0.39, 0.29) is 0 Å². The predicted octanol–water partition coefficient (Wildman–Crippen LogP) is 2.09. The summed E-state index contributed by atoms with van der Waals surface area (Å²) in [5, 5.41) is 0. The Morgan fingerprint density at radius 1 is 0.900 bits per heavy atom. The summed E-state index contributed by atoms with van der Waals surface area (Å²) >= 11 is 0. The molecule has 0 bridgehead atoms. The summed E-state index contributed by atoms with van der Waals surface area (Å²) in [7, 11) is 0. The van der Waals surface area contributed by atoms with E-state index in [1.807, 2.05) is 26.0 Å². The molecule has 0 aliphatic heterocycles. The quantitative estimate of drug-likeness (QED) is 0.432. The molecule has 0 saturated heterocycles. The van der Waals surface area contributed by atoms with Crippen LogP contribution in [0.15, 0.2) is 24.7 Å². The molecule has 0 aromatic carbocycles. The van der Waals surface area contributed by atoms with Crippen LogP contribution in [0.1, 0.15) is 13.8 Å². The van der Waals surface area contributed by atoms with Gasteiger partial charge in [0.1, 0.15) is 13.2 Å². The topological polar surface area (TPSA) is 18.5 Å². The lowest BCUT2D eigenvalue weighted by molar-refractivity contribution is 0.149. The lowest BCUT2D eigenvalue weighted by Gasteiger charge is -1.98. The van der Waals surface area contributed by atoms with Crippen LogP contribution in [0.3, 0.4) is 0 Å². The van der Waals surface area contributed by atoms with E-state index in [1.165, 1.54) is 0 Å². The summed E-state index contributed by atoms with van der Waals surface area (Å²) < 4.78 is 9.98. The fourth-order valence-corrected chi connectivity index (χ4v) is 0.425. The minimum Gasteiger partial charge on any atom is -0.498 e. The Balaban J connectivity index is 2.90. The zero-order valence-electron chi connectivity index (χ0n) is 6.54. The van der Waals surface area contributed by atoms with Crippen LogP contribution in [0, 0.1) is 0 Å². The van der Waals surface area contributed by atoms with Crippen molar-refractivity contribution >= 4 is 0 Å². The molecule has 0 spiro atoms. The minimum atomic E-state index is 0.606. The monoisotopic (exact) mass is 142 g/mol. The molecule has 10 heavy (non-hydrogen) atoms. The molecule has 2 nitrogen and oxygen atoms in total. The van der Waals surface area contributed by atoms with Crippen molar-refractivity contribution in [1.82, 2.24) is 0 Å². The van der Waals surface area contributed by atoms with E-state index in [0.29, 0.717) is 13.2 Å². The van der Waals surface area contributed by atoms with E-state index in [4.69, 9.17) is 9.47 Å². The van der Waals surface area contributed by atoms with Crippen molar-refractivity contribution in [2.24, 2.45) is 0 Å². The smallest absolute Gasteiger partial charge is 0.121 e. The maximum absolute atomic E-state index is 4.99. The van der Waals surface area contributed by atoms with Gasteiger partial charge >= 0.3 is 0 Å². The standard InChI is InChI=1S/C8H14O2/c1-3-5-9-7-8-10-6-4-2/h3-6H,7-8H2,1-2H3/b5-3-,6-4-. The predicted molar refractivity (Wildman–Crippen MR) is 41.5 cm³/mol. The number of hydrogen-bond acceptors (Lipinski definition) is 2. The first-order valence-electron chi connectivity index (χ1n) is 3.37. The lowest BCUT2D eigenvalue weighted by Crippen LogP contribution is -1.95. The van der Waals surface area contributed by atoms with Gasteiger partial charge in [-0.05, 0) is 13.8 Å². The van der Waals surface area contributed by atoms with Crippen molar-refractivity contribution in [3.8, 4) is 0 Å². The van der Waals surface area contributed by atoms with Crippen LogP contribution in [0.5, 0.6) is 0 Å². The molecule has 2 heteroatoms. The fraction of sp³-hybridized carbons (Fsp3) is 0.500. The van der Waals surface area contributed by atoms with Gasteiger partial charge in [-0.2, -0.15) is 0 Å². The van der Waals surface area contributed by atoms with Crippen molar-refractivity contribution in [3.05, 3.63) is 24.7 Å². The number of ether oxygens (including phenoxy) is 2. The molecule has 0 saturated carbocycles. The van der Waals surface area contributed by atoms with Gasteiger partial charge in [0, 0.05) is 0 Å². The van der Waals surface area contributed by atoms with E-state index >= 15 is 0 Å².